The molecular formula is C15H22N2O3. The molecule has 0 aromatic heterocycles. The second-order valence-electron chi connectivity index (χ2n) is 5.16. The van der Waals surface area contributed by atoms with Crippen LogP contribution < -0.4 is 10.5 Å². The molecule has 1 aliphatic rings. The lowest BCUT2D eigenvalue weighted by atomic mass is 10.1. The molecule has 1 heterocycles. The third kappa shape index (κ3) is 3.04. The van der Waals surface area contributed by atoms with Gasteiger partial charge in [0.05, 0.1) is 25.9 Å². The zero-order chi connectivity index (χ0) is 14.7. The van der Waals surface area contributed by atoms with Crippen LogP contribution in [-0.2, 0) is 4.74 Å². The van der Waals surface area contributed by atoms with Crippen LogP contribution >= 0.6 is 0 Å². The lowest BCUT2D eigenvalue weighted by Gasteiger charge is -2.38. The van der Waals surface area contributed by atoms with Gasteiger partial charge in [0.25, 0.3) is 5.91 Å². The second kappa shape index (κ2) is 6.13. The number of carbonyl (C=O) groups is 1. The van der Waals surface area contributed by atoms with Crippen LogP contribution in [0.1, 0.15) is 30.6 Å². The number of nitrogen functional groups attached to an aromatic ring is 1. The summed E-state index contributed by atoms with van der Waals surface area (Å²) >= 11 is 0. The molecule has 2 atom stereocenters. The van der Waals surface area contributed by atoms with Gasteiger partial charge in [-0.15, -0.1) is 0 Å². The summed E-state index contributed by atoms with van der Waals surface area (Å²) in [7, 11) is 1.56. The van der Waals surface area contributed by atoms with Gasteiger partial charge in [0.15, 0.2) is 0 Å². The molecule has 2 N–H and O–H groups in total. The van der Waals surface area contributed by atoms with Crippen molar-refractivity contribution in [2.24, 2.45) is 0 Å². The summed E-state index contributed by atoms with van der Waals surface area (Å²) in [6.45, 7) is 5.23. The average molecular weight is 278 g/mol. The molecule has 1 saturated heterocycles. The number of anilines is 1. The Kier molecular flexibility index (Phi) is 4.49. The van der Waals surface area contributed by atoms with E-state index in [4.69, 9.17) is 15.2 Å². The molecule has 5 nitrogen and oxygen atoms in total. The van der Waals surface area contributed by atoms with E-state index in [9.17, 15) is 4.79 Å². The molecule has 0 spiro atoms. The predicted octanol–water partition coefficient (Wildman–Crippen LogP) is 1.92. The van der Waals surface area contributed by atoms with Crippen molar-refractivity contribution in [1.82, 2.24) is 4.90 Å². The summed E-state index contributed by atoms with van der Waals surface area (Å²) in [6, 6.07) is 5.24. The molecule has 110 valence electrons. The Morgan fingerprint density at radius 3 is 2.90 bits per heavy atom. The zero-order valence-corrected chi connectivity index (χ0v) is 12.3. The molecular weight excluding hydrogens is 256 g/mol. The molecule has 1 fully saturated rings. The van der Waals surface area contributed by atoms with E-state index in [1.165, 1.54) is 0 Å². The molecule has 5 heteroatoms. The summed E-state index contributed by atoms with van der Waals surface area (Å²) in [5.74, 6) is 0.584. The van der Waals surface area contributed by atoms with Gasteiger partial charge in [-0.3, -0.25) is 4.79 Å². The quantitative estimate of drug-likeness (QED) is 0.858. The van der Waals surface area contributed by atoms with Crippen molar-refractivity contribution in [2.75, 3.05) is 26.0 Å². The highest BCUT2D eigenvalue weighted by Crippen LogP contribution is 2.23. The molecule has 0 saturated carbocycles. The van der Waals surface area contributed by atoms with Crippen molar-refractivity contribution in [1.29, 1.82) is 0 Å². The predicted molar refractivity (Wildman–Crippen MR) is 77.9 cm³/mol. The third-order valence-corrected chi connectivity index (χ3v) is 3.61. The van der Waals surface area contributed by atoms with Gasteiger partial charge in [0, 0.05) is 23.9 Å². The summed E-state index contributed by atoms with van der Waals surface area (Å²) in [5, 5.41) is 0. The summed E-state index contributed by atoms with van der Waals surface area (Å²) in [4.78, 5) is 14.6. The van der Waals surface area contributed by atoms with E-state index < -0.39 is 0 Å². The highest BCUT2D eigenvalue weighted by atomic mass is 16.5. The van der Waals surface area contributed by atoms with E-state index in [1.54, 1.807) is 25.3 Å². The maximum absolute atomic E-state index is 12.7. The van der Waals surface area contributed by atoms with Crippen LogP contribution in [-0.4, -0.2) is 43.2 Å². The van der Waals surface area contributed by atoms with Crippen molar-refractivity contribution < 1.29 is 14.3 Å². The molecule has 0 bridgehead atoms. The van der Waals surface area contributed by atoms with Crippen LogP contribution in [0.15, 0.2) is 18.2 Å². The fourth-order valence-electron chi connectivity index (χ4n) is 2.46. The number of nitrogens with zero attached hydrogens (tertiary/aromatic N) is 1. The number of morpholine rings is 1. The monoisotopic (exact) mass is 278 g/mol. The third-order valence-electron chi connectivity index (χ3n) is 3.61. The Hall–Kier alpha value is -1.75. The summed E-state index contributed by atoms with van der Waals surface area (Å²) in [6.07, 6.45) is 0.933. The first-order chi connectivity index (χ1) is 9.55. The first kappa shape index (κ1) is 14.7. The van der Waals surface area contributed by atoms with Crippen molar-refractivity contribution in [2.45, 2.75) is 32.4 Å². The fourth-order valence-corrected chi connectivity index (χ4v) is 2.46. The lowest BCUT2D eigenvalue weighted by Crippen LogP contribution is -2.51. The lowest BCUT2D eigenvalue weighted by molar-refractivity contribution is -0.0444. The van der Waals surface area contributed by atoms with Crippen LogP contribution in [0, 0.1) is 0 Å². The van der Waals surface area contributed by atoms with Crippen LogP contribution in [0.3, 0.4) is 0 Å². The minimum absolute atomic E-state index is 0.0161. The molecule has 20 heavy (non-hydrogen) atoms. The van der Waals surface area contributed by atoms with E-state index in [-0.39, 0.29) is 18.1 Å². The standard InChI is InChI=1S/C15H22N2O3/c1-4-13-9-20-10(2)8-17(13)15(18)11-5-12(16)7-14(6-11)19-3/h5-7,10,13H,4,8-9,16H2,1-3H3. The Morgan fingerprint density at radius 2 is 2.25 bits per heavy atom. The highest BCUT2D eigenvalue weighted by molar-refractivity contribution is 5.95. The smallest absolute Gasteiger partial charge is 0.254 e. The first-order valence-electron chi connectivity index (χ1n) is 6.92. The molecule has 2 unspecified atom stereocenters. The topological polar surface area (TPSA) is 64.8 Å². The zero-order valence-electron chi connectivity index (χ0n) is 12.3. The Balaban J connectivity index is 2.26. The minimum atomic E-state index is -0.0161. The van der Waals surface area contributed by atoms with Gasteiger partial charge < -0.3 is 20.1 Å². The first-order valence-corrected chi connectivity index (χ1v) is 6.92. The normalized spacial score (nSPS) is 22.6. The van der Waals surface area contributed by atoms with Crippen molar-refractivity contribution in [3.8, 4) is 5.75 Å². The highest BCUT2D eigenvalue weighted by Gasteiger charge is 2.30. The van der Waals surface area contributed by atoms with Gasteiger partial charge >= 0.3 is 0 Å². The Labute approximate surface area is 119 Å². The molecule has 0 radical (unpaired) electrons. The van der Waals surface area contributed by atoms with Crippen molar-refractivity contribution >= 4 is 11.6 Å². The summed E-state index contributed by atoms with van der Waals surface area (Å²) < 4.78 is 10.8. The number of carbonyl (C=O) groups excluding carboxylic acids is 1. The van der Waals surface area contributed by atoms with E-state index in [1.807, 2.05) is 11.8 Å². The number of hydrogen-bond donors (Lipinski definition) is 1. The number of nitrogens with two attached hydrogens (primary N) is 1. The minimum Gasteiger partial charge on any atom is -0.497 e. The molecule has 1 aromatic carbocycles. The van der Waals surface area contributed by atoms with Crippen LogP contribution in [0.4, 0.5) is 5.69 Å². The van der Waals surface area contributed by atoms with Gasteiger partial charge in [-0.2, -0.15) is 0 Å². The number of benzene rings is 1. The van der Waals surface area contributed by atoms with Gasteiger partial charge in [-0.25, -0.2) is 0 Å². The van der Waals surface area contributed by atoms with Crippen molar-refractivity contribution in [3.05, 3.63) is 23.8 Å². The Morgan fingerprint density at radius 1 is 1.50 bits per heavy atom. The number of hydrogen-bond acceptors (Lipinski definition) is 4. The van der Waals surface area contributed by atoms with Crippen molar-refractivity contribution in [3.63, 3.8) is 0 Å². The SMILES string of the molecule is CCC1COC(C)CN1C(=O)c1cc(N)cc(OC)c1. The molecule has 0 aliphatic carbocycles. The van der Waals surface area contributed by atoms with Crippen LogP contribution in [0.5, 0.6) is 5.75 Å². The largest absolute Gasteiger partial charge is 0.497 e. The average Bonchev–Trinajstić information content (AvgIpc) is 2.45. The number of amides is 1. The number of rotatable bonds is 3. The van der Waals surface area contributed by atoms with E-state index in [0.717, 1.165) is 6.42 Å². The Bertz CT molecular complexity index is 490. The van der Waals surface area contributed by atoms with Gasteiger partial charge in [-0.05, 0) is 25.5 Å². The second-order valence-corrected chi connectivity index (χ2v) is 5.16. The van der Waals surface area contributed by atoms with Gasteiger partial charge in [0.2, 0.25) is 0 Å². The maximum Gasteiger partial charge on any atom is 0.254 e. The van der Waals surface area contributed by atoms with Gasteiger partial charge in [0.1, 0.15) is 5.75 Å². The van der Waals surface area contributed by atoms with E-state index in [0.29, 0.717) is 30.2 Å². The number of methoxy groups -OCH3 is 1. The molecule has 1 aliphatic heterocycles. The van der Waals surface area contributed by atoms with E-state index >= 15 is 0 Å². The number of ether oxygens (including phenoxy) is 2. The van der Waals surface area contributed by atoms with Crippen LogP contribution in [0.2, 0.25) is 0 Å². The van der Waals surface area contributed by atoms with Gasteiger partial charge in [-0.1, -0.05) is 6.92 Å². The summed E-state index contributed by atoms with van der Waals surface area (Å²) in [5.41, 5.74) is 6.92. The molecule has 1 amide bonds. The maximum atomic E-state index is 12.7. The fraction of sp³-hybridized carbons (Fsp3) is 0.533. The molecule has 1 aromatic rings. The van der Waals surface area contributed by atoms with E-state index in [2.05, 4.69) is 6.92 Å². The molecule has 2 rings (SSSR count). The van der Waals surface area contributed by atoms with Crippen LogP contribution in [0.25, 0.3) is 0 Å².